The lowest BCUT2D eigenvalue weighted by Gasteiger charge is -2.09. The van der Waals surface area contributed by atoms with Crippen LogP contribution < -0.4 is 10.1 Å². The number of aromatic nitrogens is 2. The molecule has 4 heteroatoms. The highest BCUT2D eigenvalue weighted by Crippen LogP contribution is 2.23. The van der Waals surface area contributed by atoms with E-state index in [0.29, 0.717) is 11.8 Å². The van der Waals surface area contributed by atoms with Gasteiger partial charge in [-0.3, -0.25) is 0 Å². The SMILES string of the molecule is CCCNCc1ccc(Oc2cccc(C(C)C)c2)nn1. The molecule has 0 aliphatic heterocycles. The Kier molecular flexibility index (Phi) is 5.69. The number of benzene rings is 1. The van der Waals surface area contributed by atoms with Gasteiger partial charge in [0.15, 0.2) is 0 Å². The lowest BCUT2D eigenvalue weighted by atomic mass is 10.0. The van der Waals surface area contributed by atoms with Crippen LogP contribution in [0, 0.1) is 0 Å². The molecule has 1 heterocycles. The predicted molar refractivity (Wildman–Crippen MR) is 84.6 cm³/mol. The fourth-order valence-electron chi connectivity index (χ4n) is 1.95. The van der Waals surface area contributed by atoms with E-state index in [9.17, 15) is 0 Å². The lowest BCUT2D eigenvalue weighted by molar-refractivity contribution is 0.452. The molecule has 2 rings (SSSR count). The van der Waals surface area contributed by atoms with Crippen molar-refractivity contribution in [2.45, 2.75) is 39.7 Å². The second-order valence-electron chi connectivity index (χ2n) is 5.37. The van der Waals surface area contributed by atoms with Gasteiger partial charge < -0.3 is 10.1 Å². The Hall–Kier alpha value is -1.94. The molecule has 0 fully saturated rings. The van der Waals surface area contributed by atoms with Crippen molar-refractivity contribution < 1.29 is 4.74 Å². The molecule has 0 radical (unpaired) electrons. The summed E-state index contributed by atoms with van der Waals surface area (Å²) in [5, 5.41) is 11.6. The zero-order valence-corrected chi connectivity index (χ0v) is 13.0. The van der Waals surface area contributed by atoms with Gasteiger partial charge in [-0.05, 0) is 42.6 Å². The Morgan fingerprint density at radius 2 is 2.00 bits per heavy atom. The standard InChI is InChI=1S/C17H23N3O/c1-4-10-18-12-15-8-9-17(20-19-15)21-16-7-5-6-14(11-16)13(2)3/h5-9,11,13,18H,4,10,12H2,1-3H3. The highest BCUT2D eigenvalue weighted by atomic mass is 16.5. The van der Waals surface area contributed by atoms with E-state index in [2.05, 4.69) is 42.4 Å². The van der Waals surface area contributed by atoms with E-state index >= 15 is 0 Å². The quantitative estimate of drug-likeness (QED) is 0.784. The number of nitrogens with zero attached hydrogens (tertiary/aromatic N) is 2. The van der Waals surface area contributed by atoms with Gasteiger partial charge in [0.1, 0.15) is 5.75 Å². The summed E-state index contributed by atoms with van der Waals surface area (Å²) in [4.78, 5) is 0. The van der Waals surface area contributed by atoms with E-state index in [0.717, 1.165) is 31.0 Å². The molecular weight excluding hydrogens is 262 g/mol. The second kappa shape index (κ2) is 7.74. The molecule has 0 aliphatic carbocycles. The lowest BCUT2D eigenvalue weighted by Crippen LogP contribution is -2.15. The number of hydrogen-bond donors (Lipinski definition) is 1. The monoisotopic (exact) mass is 285 g/mol. The maximum Gasteiger partial charge on any atom is 0.238 e. The summed E-state index contributed by atoms with van der Waals surface area (Å²) < 4.78 is 5.76. The molecule has 2 aromatic rings. The zero-order chi connectivity index (χ0) is 15.1. The number of rotatable bonds is 7. The summed E-state index contributed by atoms with van der Waals surface area (Å²) >= 11 is 0. The van der Waals surface area contributed by atoms with Gasteiger partial charge in [-0.1, -0.05) is 32.9 Å². The molecule has 0 atom stereocenters. The first-order chi connectivity index (χ1) is 10.2. The van der Waals surface area contributed by atoms with Crippen molar-refractivity contribution >= 4 is 0 Å². The molecule has 4 nitrogen and oxygen atoms in total. The van der Waals surface area contributed by atoms with E-state index < -0.39 is 0 Å². The van der Waals surface area contributed by atoms with Crippen LogP contribution in [0.2, 0.25) is 0 Å². The van der Waals surface area contributed by atoms with Gasteiger partial charge >= 0.3 is 0 Å². The van der Waals surface area contributed by atoms with Crippen LogP contribution in [0.5, 0.6) is 11.6 Å². The second-order valence-corrected chi connectivity index (χ2v) is 5.37. The van der Waals surface area contributed by atoms with Crippen LogP contribution >= 0.6 is 0 Å². The highest BCUT2D eigenvalue weighted by Gasteiger charge is 2.04. The van der Waals surface area contributed by atoms with E-state index in [4.69, 9.17) is 4.74 Å². The van der Waals surface area contributed by atoms with Gasteiger partial charge in [0.25, 0.3) is 0 Å². The summed E-state index contributed by atoms with van der Waals surface area (Å²) in [5.41, 5.74) is 2.17. The van der Waals surface area contributed by atoms with Crippen molar-refractivity contribution in [3.8, 4) is 11.6 Å². The Labute approximate surface area is 126 Å². The van der Waals surface area contributed by atoms with E-state index in [1.54, 1.807) is 0 Å². The minimum absolute atomic E-state index is 0.478. The van der Waals surface area contributed by atoms with Crippen molar-refractivity contribution in [3.63, 3.8) is 0 Å². The molecule has 0 saturated heterocycles. The normalized spacial score (nSPS) is 10.9. The molecule has 0 bridgehead atoms. The number of hydrogen-bond acceptors (Lipinski definition) is 4. The minimum Gasteiger partial charge on any atom is -0.438 e. The average Bonchev–Trinajstić information content (AvgIpc) is 2.49. The van der Waals surface area contributed by atoms with Gasteiger partial charge in [0.2, 0.25) is 5.88 Å². The topological polar surface area (TPSA) is 47.0 Å². The van der Waals surface area contributed by atoms with Gasteiger partial charge in [-0.25, -0.2) is 0 Å². The van der Waals surface area contributed by atoms with E-state index in [1.807, 2.05) is 30.3 Å². The largest absolute Gasteiger partial charge is 0.438 e. The van der Waals surface area contributed by atoms with E-state index in [1.165, 1.54) is 5.56 Å². The predicted octanol–water partition coefficient (Wildman–Crippen LogP) is 3.89. The van der Waals surface area contributed by atoms with Gasteiger partial charge in [0, 0.05) is 12.6 Å². The van der Waals surface area contributed by atoms with Crippen LogP contribution in [-0.4, -0.2) is 16.7 Å². The highest BCUT2D eigenvalue weighted by molar-refractivity contribution is 5.32. The molecule has 0 unspecified atom stereocenters. The first kappa shape index (κ1) is 15.4. The average molecular weight is 285 g/mol. The maximum atomic E-state index is 5.76. The van der Waals surface area contributed by atoms with Gasteiger partial charge in [-0.2, -0.15) is 5.10 Å². The van der Waals surface area contributed by atoms with Crippen molar-refractivity contribution in [3.05, 3.63) is 47.7 Å². The third-order valence-corrected chi connectivity index (χ3v) is 3.18. The Morgan fingerprint density at radius 3 is 2.67 bits per heavy atom. The molecule has 0 spiro atoms. The van der Waals surface area contributed by atoms with Crippen LogP contribution in [0.1, 0.15) is 44.4 Å². The van der Waals surface area contributed by atoms with Crippen LogP contribution in [0.4, 0.5) is 0 Å². The number of ether oxygens (including phenoxy) is 1. The van der Waals surface area contributed by atoms with Crippen molar-refractivity contribution in [1.82, 2.24) is 15.5 Å². The molecule has 1 aromatic carbocycles. The molecule has 1 aromatic heterocycles. The third kappa shape index (κ3) is 4.83. The molecule has 112 valence electrons. The summed E-state index contributed by atoms with van der Waals surface area (Å²) in [7, 11) is 0. The smallest absolute Gasteiger partial charge is 0.238 e. The van der Waals surface area contributed by atoms with Gasteiger partial charge in [0.05, 0.1) is 5.69 Å². The van der Waals surface area contributed by atoms with Gasteiger partial charge in [-0.15, -0.1) is 5.10 Å². The van der Waals surface area contributed by atoms with Crippen LogP contribution in [0.15, 0.2) is 36.4 Å². The summed E-state index contributed by atoms with van der Waals surface area (Å²) in [5.74, 6) is 1.80. The summed E-state index contributed by atoms with van der Waals surface area (Å²) in [6.07, 6.45) is 1.11. The minimum atomic E-state index is 0.478. The maximum absolute atomic E-state index is 5.76. The molecular formula is C17H23N3O. The first-order valence-electron chi connectivity index (χ1n) is 7.50. The summed E-state index contributed by atoms with van der Waals surface area (Å²) in [6, 6.07) is 11.9. The Morgan fingerprint density at radius 1 is 1.14 bits per heavy atom. The number of nitrogens with one attached hydrogen (secondary N) is 1. The molecule has 0 saturated carbocycles. The molecule has 0 amide bonds. The molecule has 0 aliphatic rings. The Balaban J connectivity index is 1.98. The fourth-order valence-corrected chi connectivity index (χ4v) is 1.95. The molecule has 21 heavy (non-hydrogen) atoms. The van der Waals surface area contributed by atoms with Crippen LogP contribution in [-0.2, 0) is 6.54 Å². The van der Waals surface area contributed by atoms with E-state index in [-0.39, 0.29) is 0 Å². The zero-order valence-electron chi connectivity index (χ0n) is 13.0. The fraction of sp³-hybridized carbons (Fsp3) is 0.412. The molecule has 1 N–H and O–H groups in total. The van der Waals surface area contributed by atoms with Crippen LogP contribution in [0.25, 0.3) is 0 Å². The summed E-state index contributed by atoms with van der Waals surface area (Å²) in [6.45, 7) is 8.20. The van der Waals surface area contributed by atoms with Crippen molar-refractivity contribution in [2.24, 2.45) is 0 Å². The van der Waals surface area contributed by atoms with Crippen molar-refractivity contribution in [2.75, 3.05) is 6.54 Å². The third-order valence-electron chi connectivity index (χ3n) is 3.18. The van der Waals surface area contributed by atoms with Crippen molar-refractivity contribution in [1.29, 1.82) is 0 Å². The first-order valence-corrected chi connectivity index (χ1v) is 7.50. The van der Waals surface area contributed by atoms with Crippen LogP contribution in [0.3, 0.4) is 0 Å². The Bertz CT molecular complexity index is 552.